The Morgan fingerprint density at radius 1 is 1.06 bits per heavy atom. The summed E-state index contributed by atoms with van der Waals surface area (Å²) < 4.78 is 0. The number of nitrogens with one attached hydrogen (secondary N) is 1. The van der Waals surface area contributed by atoms with Gasteiger partial charge in [0.05, 0.1) is 0 Å². The first-order valence-electron chi connectivity index (χ1n) is 7.71. The third-order valence-electron chi connectivity index (χ3n) is 5.39. The van der Waals surface area contributed by atoms with Crippen LogP contribution in [0.25, 0.3) is 0 Å². The van der Waals surface area contributed by atoms with Gasteiger partial charge in [-0.05, 0) is 63.2 Å². The highest BCUT2D eigenvalue weighted by atomic mass is 15.1. The van der Waals surface area contributed by atoms with Gasteiger partial charge in [0.2, 0.25) is 0 Å². The van der Waals surface area contributed by atoms with Crippen molar-refractivity contribution in [3.05, 3.63) is 0 Å². The Kier molecular flexibility index (Phi) is 4.87. The molecule has 2 saturated heterocycles. The number of hydrogen-bond acceptors (Lipinski definition) is 2. The highest BCUT2D eigenvalue weighted by Gasteiger charge is 2.31. The van der Waals surface area contributed by atoms with Gasteiger partial charge in [0.15, 0.2) is 0 Å². The van der Waals surface area contributed by atoms with Gasteiger partial charge in [-0.1, -0.05) is 26.7 Å². The Balaban J connectivity index is 1.74. The topological polar surface area (TPSA) is 15.3 Å². The van der Waals surface area contributed by atoms with E-state index in [0.717, 1.165) is 5.92 Å². The summed E-state index contributed by atoms with van der Waals surface area (Å²) in [4.78, 5) is 2.74. The molecule has 2 aliphatic rings. The van der Waals surface area contributed by atoms with E-state index in [2.05, 4.69) is 24.1 Å². The van der Waals surface area contributed by atoms with Crippen LogP contribution in [0, 0.1) is 11.3 Å². The molecule has 2 heterocycles. The first kappa shape index (κ1) is 13.4. The van der Waals surface area contributed by atoms with E-state index in [-0.39, 0.29) is 0 Å². The third kappa shape index (κ3) is 3.45. The smallest absolute Gasteiger partial charge is 0.00106 e. The van der Waals surface area contributed by atoms with E-state index in [9.17, 15) is 0 Å². The summed E-state index contributed by atoms with van der Waals surface area (Å²) in [6.45, 7) is 11.3. The number of likely N-dealkylation sites (tertiary alicyclic amines) is 1. The monoisotopic (exact) mass is 238 g/mol. The molecule has 0 aromatic carbocycles. The van der Waals surface area contributed by atoms with E-state index in [0.29, 0.717) is 5.41 Å². The van der Waals surface area contributed by atoms with Crippen LogP contribution in [0.15, 0.2) is 0 Å². The van der Waals surface area contributed by atoms with Crippen LogP contribution in [0.4, 0.5) is 0 Å². The zero-order valence-corrected chi connectivity index (χ0v) is 11.8. The van der Waals surface area contributed by atoms with E-state index < -0.39 is 0 Å². The molecule has 100 valence electrons. The fourth-order valence-electron chi connectivity index (χ4n) is 3.60. The highest BCUT2D eigenvalue weighted by Crippen LogP contribution is 2.38. The van der Waals surface area contributed by atoms with Crippen LogP contribution in [0.2, 0.25) is 0 Å². The summed E-state index contributed by atoms with van der Waals surface area (Å²) in [7, 11) is 0. The highest BCUT2D eigenvalue weighted by molar-refractivity contribution is 4.85. The van der Waals surface area contributed by atoms with Gasteiger partial charge in [-0.3, -0.25) is 0 Å². The molecule has 0 aromatic rings. The second-order valence-electron chi connectivity index (χ2n) is 6.20. The second kappa shape index (κ2) is 6.19. The summed E-state index contributed by atoms with van der Waals surface area (Å²) in [6, 6.07) is 0. The molecule has 17 heavy (non-hydrogen) atoms. The maximum atomic E-state index is 3.46. The number of piperidine rings is 2. The van der Waals surface area contributed by atoms with Gasteiger partial charge in [-0.15, -0.1) is 0 Å². The van der Waals surface area contributed by atoms with Crippen molar-refractivity contribution in [1.82, 2.24) is 10.2 Å². The lowest BCUT2D eigenvalue weighted by molar-refractivity contribution is 0.0801. The largest absolute Gasteiger partial charge is 0.317 e. The molecular formula is C15H30N2. The molecule has 2 nitrogen and oxygen atoms in total. The summed E-state index contributed by atoms with van der Waals surface area (Å²) in [5.74, 6) is 0.965. The predicted molar refractivity (Wildman–Crippen MR) is 74.3 cm³/mol. The SMILES string of the molecule is CCC1(CC)CCN(CC2CCNCC2)CC1. The summed E-state index contributed by atoms with van der Waals surface area (Å²) in [5.41, 5.74) is 0.685. The Hall–Kier alpha value is -0.0800. The van der Waals surface area contributed by atoms with Crippen molar-refractivity contribution in [1.29, 1.82) is 0 Å². The molecule has 0 amide bonds. The molecule has 0 radical (unpaired) electrons. The molecule has 0 atom stereocenters. The number of hydrogen-bond donors (Lipinski definition) is 1. The van der Waals surface area contributed by atoms with Crippen molar-refractivity contribution in [2.45, 2.75) is 52.4 Å². The van der Waals surface area contributed by atoms with Crippen LogP contribution in [0.3, 0.4) is 0 Å². The third-order valence-corrected chi connectivity index (χ3v) is 5.39. The normalized spacial score (nSPS) is 27.2. The summed E-state index contributed by atoms with van der Waals surface area (Å²) >= 11 is 0. The van der Waals surface area contributed by atoms with Gasteiger partial charge in [-0.25, -0.2) is 0 Å². The Morgan fingerprint density at radius 2 is 1.65 bits per heavy atom. The van der Waals surface area contributed by atoms with Crippen molar-refractivity contribution in [3.8, 4) is 0 Å². The van der Waals surface area contributed by atoms with Gasteiger partial charge in [0.25, 0.3) is 0 Å². The molecule has 2 fully saturated rings. The van der Waals surface area contributed by atoms with Crippen LogP contribution in [-0.4, -0.2) is 37.6 Å². The van der Waals surface area contributed by atoms with Gasteiger partial charge >= 0.3 is 0 Å². The minimum atomic E-state index is 0.685. The Bertz CT molecular complexity index is 207. The van der Waals surface area contributed by atoms with Gasteiger partial charge in [0, 0.05) is 6.54 Å². The van der Waals surface area contributed by atoms with Crippen LogP contribution in [-0.2, 0) is 0 Å². The van der Waals surface area contributed by atoms with Gasteiger partial charge < -0.3 is 10.2 Å². The van der Waals surface area contributed by atoms with Gasteiger partial charge in [-0.2, -0.15) is 0 Å². The minimum Gasteiger partial charge on any atom is -0.317 e. The molecule has 0 aliphatic carbocycles. The molecule has 0 spiro atoms. The predicted octanol–water partition coefficient (Wildman–Crippen LogP) is 2.89. The minimum absolute atomic E-state index is 0.685. The molecule has 2 aliphatic heterocycles. The van der Waals surface area contributed by atoms with Crippen LogP contribution in [0.1, 0.15) is 52.4 Å². The Morgan fingerprint density at radius 3 is 2.18 bits per heavy atom. The molecule has 0 saturated carbocycles. The van der Waals surface area contributed by atoms with Crippen LogP contribution >= 0.6 is 0 Å². The number of nitrogens with zero attached hydrogens (tertiary/aromatic N) is 1. The van der Waals surface area contributed by atoms with Crippen LogP contribution in [0.5, 0.6) is 0 Å². The second-order valence-corrected chi connectivity index (χ2v) is 6.20. The van der Waals surface area contributed by atoms with Crippen molar-refractivity contribution in [2.24, 2.45) is 11.3 Å². The average molecular weight is 238 g/mol. The quantitative estimate of drug-likeness (QED) is 0.810. The lowest BCUT2D eigenvalue weighted by Gasteiger charge is -2.42. The lowest BCUT2D eigenvalue weighted by Crippen LogP contribution is -2.43. The molecular weight excluding hydrogens is 208 g/mol. The van der Waals surface area contributed by atoms with E-state index >= 15 is 0 Å². The van der Waals surface area contributed by atoms with E-state index in [4.69, 9.17) is 0 Å². The zero-order chi connectivity index (χ0) is 12.1. The zero-order valence-electron chi connectivity index (χ0n) is 11.8. The maximum Gasteiger partial charge on any atom is 0.00106 e. The van der Waals surface area contributed by atoms with Gasteiger partial charge in [0.1, 0.15) is 0 Å². The molecule has 2 rings (SSSR count). The first-order valence-corrected chi connectivity index (χ1v) is 7.71. The van der Waals surface area contributed by atoms with E-state index in [1.807, 2.05) is 0 Å². The van der Waals surface area contributed by atoms with Crippen molar-refractivity contribution >= 4 is 0 Å². The Labute approximate surface area is 107 Å². The molecule has 0 bridgehead atoms. The lowest BCUT2D eigenvalue weighted by atomic mass is 9.74. The summed E-state index contributed by atoms with van der Waals surface area (Å²) in [5, 5.41) is 3.46. The van der Waals surface area contributed by atoms with Crippen molar-refractivity contribution in [3.63, 3.8) is 0 Å². The van der Waals surface area contributed by atoms with Crippen molar-refractivity contribution < 1.29 is 0 Å². The standard InChI is InChI=1S/C15H30N2/c1-3-15(4-2)7-11-17(12-8-15)13-14-5-9-16-10-6-14/h14,16H,3-13H2,1-2H3. The maximum absolute atomic E-state index is 3.46. The first-order chi connectivity index (χ1) is 8.28. The molecule has 0 unspecified atom stereocenters. The van der Waals surface area contributed by atoms with Crippen molar-refractivity contribution in [2.75, 3.05) is 32.7 Å². The molecule has 0 aromatic heterocycles. The number of rotatable bonds is 4. The van der Waals surface area contributed by atoms with E-state index in [1.165, 1.54) is 71.2 Å². The fourth-order valence-corrected chi connectivity index (χ4v) is 3.60. The fraction of sp³-hybridized carbons (Fsp3) is 1.00. The van der Waals surface area contributed by atoms with Crippen LogP contribution < -0.4 is 5.32 Å². The van der Waals surface area contributed by atoms with E-state index in [1.54, 1.807) is 0 Å². The average Bonchev–Trinajstić information content (AvgIpc) is 2.41. The summed E-state index contributed by atoms with van der Waals surface area (Å²) in [6.07, 6.45) is 8.41. The molecule has 2 heteroatoms. The molecule has 1 N–H and O–H groups in total.